The summed E-state index contributed by atoms with van der Waals surface area (Å²) in [6, 6.07) is 13.4. The number of rotatable bonds is 5. The van der Waals surface area contributed by atoms with Crippen molar-refractivity contribution < 1.29 is 32.6 Å². The number of methoxy groups -OCH3 is 1. The van der Waals surface area contributed by atoms with Crippen molar-refractivity contribution in [2.75, 3.05) is 7.11 Å². The van der Waals surface area contributed by atoms with Crippen molar-refractivity contribution >= 4 is 28.6 Å². The molecule has 5 aromatic rings. The summed E-state index contributed by atoms with van der Waals surface area (Å²) in [5, 5.41) is 11.0. The average molecular weight is 512 g/mol. The predicted molar refractivity (Wildman–Crippen MR) is 126 cm³/mol. The second-order valence-corrected chi connectivity index (χ2v) is 7.59. The Balaban J connectivity index is 0.000000405. The molecule has 3 N–H and O–H groups in total. The molecule has 0 aliphatic heterocycles. The molecule has 0 spiro atoms. The number of H-pyrrole nitrogens is 1. The number of halogens is 3. The summed E-state index contributed by atoms with van der Waals surface area (Å²) in [6.07, 6.45) is 1.69. The van der Waals surface area contributed by atoms with Crippen molar-refractivity contribution in [2.24, 2.45) is 0 Å². The van der Waals surface area contributed by atoms with Gasteiger partial charge in [0, 0.05) is 29.9 Å². The number of fused-ring (bicyclic) bond motifs is 2. The van der Waals surface area contributed by atoms with Gasteiger partial charge < -0.3 is 20.1 Å². The third-order valence-corrected chi connectivity index (χ3v) is 5.20. The van der Waals surface area contributed by atoms with Crippen molar-refractivity contribution in [1.82, 2.24) is 29.7 Å². The van der Waals surface area contributed by atoms with Crippen LogP contribution in [0, 0.1) is 0 Å². The zero-order valence-corrected chi connectivity index (χ0v) is 19.2. The number of aliphatic carboxylic acids is 1. The van der Waals surface area contributed by atoms with Crippen LogP contribution in [0.15, 0.2) is 67.4 Å². The standard InChI is InChI=1S/C22H18N6O2.C2HF3O2/c1-30-16-4-2-3-14(9-16)11-25-22(29)18-12-24-19-10-15(6-8-28(18)19)20-17-5-7-23-21(17)27-13-26-20;3-2(4,5)1(6)7/h2-10,12-13H,11H2,1H3,(H,25,29)(H,23,26,27);(H,6,7). The van der Waals surface area contributed by atoms with Gasteiger partial charge in [0.1, 0.15) is 29.1 Å². The first kappa shape index (κ1) is 25.2. The number of alkyl halides is 3. The number of benzene rings is 1. The van der Waals surface area contributed by atoms with E-state index in [1.54, 1.807) is 17.7 Å². The number of imidazole rings is 1. The molecule has 1 aromatic carbocycles. The molecule has 0 atom stereocenters. The monoisotopic (exact) mass is 512 g/mol. The maximum Gasteiger partial charge on any atom is 0.490 e. The van der Waals surface area contributed by atoms with E-state index >= 15 is 0 Å². The van der Waals surface area contributed by atoms with Crippen LogP contribution < -0.4 is 10.1 Å². The van der Waals surface area contributed by atoms with Crippen molar-refractivity contribution in [3.05, 3.63) is 78.6 Å². The van der Waals surface area contributed by atoms with Gasteiger partial charge in [-0.25, -0.2) is 19.7 Å². The van der Waals surface area contributed by atoms with Gasteiger partial charge in [0.2, 0.25) is 0 Å². The minimum absolute atomic E-state index is 0.201. The first-order chi connectivity index (χ1) is 17.7. The summed E-state index contributed by atoms with van der Waals surface area (Å²) < 4.78 is 38.7. The number of hydrogen-bond acceptors (Lipinski definition) is 6. The number of carbonyl (C=O) groups is 2. The number of carboxylic acids is 1. The Morgan fingerprint density at radius 2 is 1.92 bits per heavy atom. The quantitative estimate of drug-likeness (QED) is 0.326. The number of carboxylic acid groups (broad SMARTS) is 1. The van der Waals surface area contributed by atoms with E-state index < -0.39 is 12.1 Å². The first-order valence-electron chi connectivity index (χ1n) is 10.6. The summed E-state index contributed by atoms with van der Waals surface area (Å²) in [7, 11) is 1.62. The van der Waals surface area contributed by atoms with Gasteiger partial charge >= 0.3 is 12.1 Å². The van der Waals surface area contributed by atoms with E-state index in [2.05, 4.69) is 25.3 Å². The summed E-state index contributed by atoms with van der Waals surface area (Å²) >= 11 is 0. The van der Waals surface area contributed by atoms with Gasteiger partial charge in [0.05, 0.1) is 19.0 Å². The maximum atomic E-state index is 12.7. The molecule has 37 heavy (non-hydrogen) atoms. The minimum Gasteiger partial charge on any atom is -0.497 e. The predicted octanol–water partition coefficient (Wildman–Crippen LogP) is 3.84. The Kier molecular flexibility index (Phi) is 7.04. The lowest BCUT2D eigenvalue weighted by Crippen LogP contribution is -2.24. The highest BCUT2D eigenvalue weighted by molar-refractivity contribution is 5.94. The fraction of sp³-hybridized carbons (Fsp3) is 0.125. The topological polar surface area (TPSA) is 134 Å². The molecule has 4 aromatic heterocycles. The Labute approximate surface area is 206 Å². The molecule has 0 unspecified atom stereocenters. The molecule has 190 valence electrons. The first-order valence-corrected chi connectivity index (χ1v) is 10.6. The molecule has 10 nitrogen and oxygen atoms in total. The third kappa shape index (κ3) is 5.66. The van der Waals surface area contributed by atoms with Crippen LogP contribution in [0.1, 0.15) is 16.1 Å². The van der Waals surface area contributed by atoms with Crippen LogP contribution in [0.2, 0.25) is 0 Å². The van der Waals surface area contributed by atoms with E-state index in [1.807, 2.05) is 54.9 Å². The molecule has 0 radical (unpaired) electrons. The van der Waals surface area contributed by atoms with Gasteiger partial charge in [-0.3, -0.25) is 9.20 Å². The number of pyridine rings is 1. The van der Waals surface area contributed by atoms with Crippen LogP contribution in [0.25, 0.3) is 27.9 Å². The maximum absolute atomic E-state index is 12.7. The molecule has 0 saturated carbocycles. The number of aromatic nitrogens is 5. The van der Waals surface area contributed by atoms with Crippen LogP contribution >= 0.6 is 0 Å². The van der Waals surface area contributed by atoms with Crippen LogP contribution in [0.3, 0.4) is 0 Å². The molecule has 0 aliphatic rings. The number of carbonyl (C=O) groups excluding carboxylic acids is 1. The zero-order valence-electron chi connectivity index (χ0n) is 19.2. The summed E-state index contributed by atoms with van der Waals surface area (Å²) in [6.45, 7) is 0.397. The summed E-state index contributed by atoms with van der Waals surface area (Å²) in [5.74, 6) is -2.20. The Morgan fingerprint density at radius 1 is 1.14 bits per heavy atom. The fourth-order valence-electron chi connectivity index (χ4n) is 3.45. The number of hydrogen-bond donors (Lipinski definition) is 3. The lowest BCUT2D eigenvalue weighted by Gasteiger charge is -2.07. The van der Waals surface area contributed by atoms with Crippen molar-refractivity contribution in [1.29, 1.82) is 0 Å². The van der Waals surface area contributed by atoms with Crippen molar-refractivity contribution in [3.63, 3.8) is 0 Å². The van der Waals surface area contributed by atoms with Gasteiger partial charge in [-0.15, -0.1) is 0 Å². The third-order valence-electron chi connectivity index (χ3n) is 5.20. The van der Waals surface area contributed by atoms with Crippen LogP contribution in [-0.2, 0) is 11.3 Å². The second kappa shape index (κ2) is 10.4. The van der Waals surface area contributed by atoms with Gasteiger partial charge in [-0.2, -0.15) is 13.2 Å². The summed E-state index contributed by atoms with van der Waals surface area (Å²) in [4.78, 5) is 37.7. The molecular formula is C24H19F3N6O4. The molecular weight excluding hydrogens is 493 g/mol. The smallest absolute Gasteiger partial charge is 0.490 e. The summed E-state index contributed by atoms with van der Waals surface area (Å²) in [5.41, 5.74) is 4.59. The van der Waals surface area contributed by atoms with Gasteiger partial charge in [-0.05, 0) is 35.9 Å². The lowest BCUT2D eigenvalue weighted by atomic mass is 10.1. The zero-order chi connectivity index (χ0) is 26.6. The van der Waals surface area contributed by atoms with Gasteiger partial charge in [0.25, 0.3) is 5.91 Å². The highest BCUT2D eigenvalue weighted by atomic mass is 19.4. The van der Waals surface area contributed by atoms with Gasteiger partial charge in [0.15, 0.2) is 0 Å². The van der Waals surface area contributed by atoms with E-state index in [0.717, 1.165) is 33.6 Å². The molecule has 13 heteroatoms. The Morgan fingerprint density at radius 3 is 2.65 bits per heavy atom. The lowest BCUT2D eigenvalue weighted by molar-refractivity contribution is -0.192. The van der Waals surface area contributed by atoms with Crippen LogP contribution in [0.5, 0.6) is 5.75 Å². The van der Waals surface area contributed by atoms with Gasteiger partial charge in [-0.1, -0.05) is 12.1 Å². The fourth-order valence-corrected chi connectivity index (χ4v) is 3.45. The Bertz CT molecular complexity index is 1580. The number of nitrogens with zero attached hydrogens (tertiary/aromatic N) is 4. The molecule has 1 amide bonds. The van der Waals surface area contributed by atoms with E-state index in [9.17, 15) is 18.0 Å². The second-order valence-electron chi connectivity index (χ2n) is 7.59. The number of nitrogens with one attached hydrogen (secondary N) is 2. The van der Waals surface area contributed by atoms with E-state index in [0.29, 0.717) is 17.9 Å². The molecule has 0 bridgehead atoms. The number of ether oxygens (including phenoxy) is 1. The normalized spacial score (nSPS) is 11.1. The SMILES string of the molecule is COc1cccc(CNC(=O)c2cnc3cc(-c4ncnc5[nH]ccc45)ccn23)c1.O=C(O)C(F)(F)F. The molecule has 4 heterocycles. The minimum atomic E-state index is -5.08. The molecule has 5 rings (SSSR count). The van der Waals surface area contributed by atoms with Crippen molar-refractivity contribution in [2.45, 2.75) is 12.7 Å². The van der Waals surface area contributed by atoms with Crippen LogP contribution in [0.4, 0.5) is 13.2 Å². The molecule has 0 fully saturated rings. The molecule has 0 saturated heterocycles. The van der Waals surface area contributed by atoms with E-state index in [-0.39, 0.29) is 5.91 Å². The number of amides is 1. The highest BCUT2D eigenvalue weighted by Gasteiger charge is 2.38. The van der Waals surface area contributed by atoms with Crippen LogP contribution in [-0.4, -0.2) is 54.6 Å². The van der Waals surface area contributed by atoms with E-state index in [4.69, 9.17) is 14.6 Å². The molecule has 0 aliphatic carbocycles. The van der Waals surface area contributed by atoms with E-state index in [1.165, 1.54) is 6.33 Å². The highest BCUT2D eigenvalue weighted by Crippen LogP contribution is 2.25. The van der Waals surface area contributed by atoms with Crippen molar-refractivity contribution in [3.8, 4) is 17.0 Å². The average Bonchev–Trinajstić information content (AvgIpc) is 3.54. The number of aromatic amines is 1. The Hall–Kier alpha value is -4.94. The largest absolute Gasteiger partial charge is 0.497 e.